The van der Waals surface area contributed by atoms with Crippen molar-refractivity contribution in [2.75, 3.05) is 17.7 Å². The Kier molecular flexibility index (Phi) is 4.52. The minimum atomic E-state index is -0.286. The molecule has 0 aliphatic heterocycles. The summed E-state index contributed by atoms with van der Waals surface area (Å²) in [6.07, 6.45) is 0. The Hall–Kier alpha value is -2.15. The Labute approximate surface area is 120 Å². The summed E-state index contributed by atoms with van der Waals surface area (Å²) in [5.41, 5.74) is 0.843. The molecule has 104 valence electrons. The first-order valence-corrected chi connectivity index (χ1v) is 6.94. The van der Waals surface area contributed by atoms with Gasteiger partial charge in [-0.25, -0.2) is 0 Å². The van der Waals surface area contributed by atoms with E-state index in [4.69, 9.17) is 0 Å². The van der Waals surface area contributed by atoms with Crippen molar-refractivity contribution in [3.63, 3.8) is 0 Å². The van der Waals surface area contributed by atoms with Crippen LogP contribution < -0.4 is 10.5 Å². The van der Waals surface area contributed by atoms with Crippen LogP contribution in [0.4, 0.5) is 5.69 Å². The molecular weight excluding hydrogens is 276 g/mol. The Morgan fingerprint density at radius 2 is 2.00 bits per heavy atom. The lowest BCUT2D eigenvalue weighted by molar-refractivity contribution is -0.115. The molecule has 0 atom stereocenters. The van der Waals surface area contributed by atoms with Gasteiger partial charge in [0.15, 0.2) is 5.16 Å². The fourth-order valence-corrected chi connectivity index (χ4v) is 2.18. The third kappa shape index (κ3) is 3.45. The highest BCUT2D eigenvalue weighted by Gasteiger charge is 2.12. The molecule has 0 saturated heterocycles. The first kappa shape index (κ1) is 14.3. The van der Waals surface area contributed by atoms with Gasteiger partial charge in [-0.2, -0.15) is 0 Å². The summed E-state index contributed by atoms with van der Waals surface area (Å²) >= 11 is 1.15. The number of anilines is 1. The minimum absolute atomic E-state index is 0.0792. The number of aryl methyl sites for hydroxylation is 1. The van der Waals surface area contributed by atoms with Gasteiger partial charge in [0.1, 0.15) is 5.69 Å². The fourth-order valence-electron chi connectivity index (χ4n) is 1.47. The molecule has 0 fully saturated rings. The second kappa shape index (κ2) is 6.33. The lowest BCUT2D eigenvalue weighted by Gasteiger charge is -2.16. The van der Waals surface area contributed by atoms with Gasteiger partial charge in [0, 0.05) is 12.7 Å². The second-order valence-electron chi connectivity index (χ2n) is 4.12. The van der Waals surface area contributed by atoms with Crippen LogP contribution in [-0.2, 0) is 4.79 Å². The molecule has 1 N–H and O–H groups in total. The molecule has 0 aliphatic carbocycles. The van der Waals surface area contributed by atoms with Crippen LogP contribution in [0, 0.1) is 6.92 Å². The van der Waals surface area contributed by atoms with Crippen LogP contribution in [0.1, 0.15) is 5.69 Å². The number of nitrogens with one attached hydrogen (secondary N) is 1. The maximum atomic E-state index is 12.0. The van der Waals surface area contributed by atoms with E-state index in [0.29, 0.717) is 10.9 Å². The Morgan fingerprint density at radius 1 is 1.30 bits per heavy atom. The summed E-state index contributed by atoms with van der Waals surface area (Å²) in [5.74, 6) is 0.100. The zero-order valence-corrected chi connectivity index (χ0v) is 12.0. The summed E-state index contributed by atoms with van der Waals surface area (Å²) in [7, 11) is 1.71. The van der Waals surface area contributed by atoms with Gasteiger partial charge in [-0.3, -0.25) is 14.6 Å². The summed E-state index contributed by atoms with van der Waals surface area (Å²) in [4.78, 5) is 27.5. The van der Waals surface area contributed by atoms with Crippen LogP contribution >= 0.6 is 11.8 Å². The number of amides is 1. The van der Waals surface area contributed by atoms with E-state index < -0.39 is 0 Å². The van der Waals surface area contributed by atoms with Gasteiger partial charge in [-0.1, -0.05) is 30.0 Å². The molecule has 2 rings (SSSR count). The van der Waals surface area contributed by atoms with E-state index in [9.17, 15) is 9.59 Å². The van der Waals surface area contributed by atoms with Crippen molar-refractivity contribution < 1.29 is 4.79 Å². The van der Waals surface area contributed by atoms with Gasteiger partial charge in [0.05, 0.1) is 5.75 Å². The maximum Gasteiger partial charge on any atom is 0.273 e. The molecule has 0 radical (unpaired) electrons. The third-order valence-corrected chi connectivity index (χ3v) is 3.54. The minimum Gasteiger partial charge on any atom is -0.315 e. The number of benzene rings is 1. The first-order chi connectivity index (χ1) is 9.58. The molecule has 0 unspecified atom stereocenters. The molecule has 0 bridgehead atoms. The van der Waals surface area contributed by atoms with Crippen molar-refractivity contribution in [2.45, 2.75) is 12.1 Å². The quantitative estimate of drug-likeness (QED) is 0.857. The van der Waals surface area contributed by atoms with Gasteiger partial charge < -0.3 is 4.90 Å². The monoisotopic (exact) mass is 290 g/mol. The number of aromatic amines is 1. The average molecular weight is 290 g/mol. The molecule has 1 aromatic heterocycles. The molecule has 2 aromatic rings. The van der Waals surface area contributed by atoms with Crippen molar-refractivity contribution in [1.82, 2.24) is 15.2 Å². The van der Waals surface area contributed by atoms with Crippen LogP contribution in [0.25, 0.3) is 0 Å². The number of rotatable bonds is 4. The van der Waals surface area contributed by atoms with E-state index in [1.807, 2.05) is 30.3 Å². The van der Waals surface area contributed by atoms with Gasteiger partial charge in [-0.05, 0) is 19.1 Å². The maximum absolute atomic E-state index is 12.0. The first-order valence-electron chi connectivity index (χ1n) is 5.96. The van der Waals surface area contributed by atoms with E-state index in [2.05, 4.69) is 15.2 Å². The molecule has 1 heterocycles. The van der Waals surface area contributed by atoms with E-state index in [0.717, 1.165) is 17.4 Å². The standard InChI is InChI=1S/C13H14N4O2S/c1-9-12(19)14-13(16-15-9)20-8-11(18)17(2)10-6-4-3-5-7-10/h3-7H,8H2,1-2H3,(H,14,16,19). The normalized spacial score (nSPS) is 10.3. The molecule has 6 nitrogen and oxygen atoms in total. The van der Waals surface area contributed by atoms with Gasteiger partial charge in [-0.15, -0.1) is 10.2 Å². The number of hydrogen-bond donors (Lipinski definition) is 1. The van der Waals surface area contributed by atoms with Crippen molar-refractivity contribution >= 4 is 23.4 Å². The largest absolute Gasteiger partial charge is 0.315 e. The Bertz CT molecular complexity index is 657. The van der Waals surface area contributed by atoms with Crippen molar-refractivity contribution in [3.05, 3.63) is 46.4 Å². The van der Waals surface area contributed by atoms with E-state index in [1.54, 1.807) is 18.9 Å². The number of hydrogen-bond acceptors (Lipinski definition) is 5. The number of aromatic nitrogens is 3. The van der Waals surface area contributed by atoms with Crippen LogP contribution in [0.3, 0.4) is 0 Å². The van der Waals surface area contributed by atoms with Crippen LogP contribution in [0.2, 0.25) is 0 Å². The number of carbonyl (C=O) groups is 1. The van der Waals surface area contributed by atoms with Crippen molar-refractivity contribution in [1.29, 1.82) is 0 Å². The highest BCUT2D eigenvalue weighted by atomic mass is 32.2. The summed E-state index contributed by atoms with van der Waals surface area (Å²) in [5, 5.41) is 7.89. The Morgan fingerprint density at radius 3 is 2.65 bits per heavy atom. The topological polar surface area (TPSA) is 79.0 Å². The number of para-hydroxylation sites is 1. The lowest BCUT2D eigenvalue weighted by atomic mass is 10.3. The fraction of sp³-hybridized carbons (Fsp3) is 0.231. The summed E-state index contributed by atoms with van der Waals surface area (Å²) < 4.78 is 0. The molecule has 0 saturated carbocycles. The number of H-pyrrole nitrogens is 1. The number of nitrogens with zero attached hydrogens (tertiary/aromatic N) is 3. The zero-order chi connectivity index (χ0) is 14.5. The molecule has 1 amide bonds. The molecular formula is C13H14N4O2S. The van der Waals surface area contributed by atoms with Crippen LogP contribution in [-0.4, -0.2) is 33.9 Å². The van der Waals surface area contributed by atoms with Gasteiger partial charge in [0.25, 0.3) is 5.56 Å². The number of thioether (sulfide) groups is 1. The lowest BCUT2D eigenvalue weighted by Crippen LogP contribution is -2.28. The highest BCUT2D eigenvalue weighted by Crippen LogP contribution is 2.15. The van der Waals surface area contributed by atoms with Gasteiger partial charge in [0.2, 0.25) is 5.91 Å². The summed E-state index contributed by atoms with van der Waals surface area (Å²) in [6, 6.07) is 9.35. The van der Waals surface area contributed by atoms with Crippen LogP contribution in [0.5, 0.6) is 0 Å². The molecule has 20 heavy (non-hydrogen) atoms. The Balaban J connectivity index is 1.98. The van der Waals surface area contributed by atoms with Crippen LogP contribution in [0.15, 0.2) is 40.3 Å². The molecule has 7 heteroatoms. The van der Waals surface area contributed by atoms with E-state index >= 15 is 0 Å². The second-order valence-corrected chi connectivity index (χ2v) is 5.09. The molecule has 0 spiro atoms. The average Bonchev–Trinajstić information content (AvgIpc) is 2.48. The highest BCUT2D eigenvalue weighted by molar-refractivity contribution is 7.99. The molecule has 0 aliphatic rings. The SMILES string of the molecule is Cc1nnc(SCC(=O)N(C)c2ccccc2)[nH]c1=O. The smallest absolute Gasteiger partial charge is 0.273 e. The third-order valence-electron chi connectivity index (χ3n) is 2.69. The van der Waals surface area contributed by atoms with Crippen molar-refractivity contribution in [2.24, 2.45) is 0 Å². The zero-order valence-electron chi connectivity index (χ0n) is 11.2. The predicted octanol–water partition coefficient (Wildman–Crippen LogP) is 1.23. The van der Waals surface area contributed by atoms with E-state index in [1.165, 1.54) is 0 Å². The summed E-state index contributed by atoms with van der Waals surface area (Å²) in [6.45, 7) is 1.58. The number of carbonyl (C=O) groups excluding carboxylic acids is 1. The van der Waals surface area contributed by atoms with E-state index in [-0.39, 0.29) is 17.2 Å². The molecule has 1 aromatic carbocycles. The predicted molar refractivity (Wildman–Crippen MR) is 78.0 cm³/mol. The van der Waals surface area contributed by atoms with Crippen molar-refractivity contribution in [3.8, 4) is 0 Å². The van der Waals surface area contributed by atoms with Gasteiger partial charge >= 0.3 is 0 Å².